The number of hydrogen-bond donors (Lipinski definition) is 1. The summed E-state index contributed by atoms with van der Waals surface area (Å²) >= 11 is 0. The van der Waals surface area contributed by atoms with Crippen LogP contribution in [0.1, 0.15) is 30.4 Å². The van der Waals surface area contributed by atoms with Gasteiger partial charge in [0.25, 0.3) is 0 Å². The van der Waals surface area contributed by atoms with Crippen LogP contribution in [0.4, 0.5) is 0 Å². The standard InChI is InChI=1S/C26H36N4/c1-28(2)15-8-16-30-21-23(25-11-6-7-12-26(25)30)19-27-24-13-17-29(18-14-24)20-22-9-4-3-5-10-22/h3-7,9-12,21,24,27H,8,13-20H2,1-2H3. The van der Waals surface area contributed by atoms with E-state index in [1.54, 1.807) is 0 Å². The van der Waals surface area contributed by atoms with Crippen molar-refractivity contribution in [2.24, 2.45) is 0 Å². The molecule has 4 rings (SSSR count). The second kappa shape index (κ2) is 10.3. The van der Waals surface area contributed by atoms with Crippen molar-refractivity contribution in [3.05, 3.63) is 71.9 Å². The summed E-state index contributed by atoms with van der Waals surface area (Å²) in [6.45, 7) is 6.61. The maximum atomic E-state index is 3.85. The van der Waals surface area contributed by atoms with Gasteiger partial charge in [-0.2, -0.15) is 0 Å². The molecule has 1 aliphatic heterocycles. The first-order valence-electron chi connectivity index (χ1n) is 11.4. The minimum absolute atomic E-state index is 0.618. The highest BCUT2D eigenvalue weighted by Crippen LogP contribution is 2.22. The van der Waals surface area contributed by atoms with Crippen molar-refractivity contribution in [1.29, 1.82) is 0 Å². The summed E-state index contributed by atoms with van der Waals surface area (Å²) in [7, 11) is 4.29. The van der Waals surface area contributed by atoms with Gasteiger partial charge in [0.15, 0.2) is 0 Å². The third kappa shape index (κ3) is 5.51. The van der Waals surface area contributed by atoms with Crippen molar-refractivity contribution in [3.63, 3.8) is 0 Å². The van der Waals surface area contributed by atoms with Gasteiger partial charge in [0.2, 0.25) is 0 Å². The molecule has 1 fully saturated rings. The molecule has 1 aromatic heterocycles. The first kappa shape index (κ1) is 21.1. The van der Waals surface area contributed by atoms with Gasteiger partial charge in [-0.1, -0.05) is 48.5 Å². The first-order valence-corrected chi connectivity index (χ1v) is 11.4. The molecule has 160 valence electrons. The lowest BCUT2D eigenvalue weighted by Crippen LogP contribution is -2.41. The highest BCUT2D eigenvalue weighted by Gasteiger charge is 2.19. The van der Waals surface area contributed by atoms with E-state index in [-0.39, 0.29) is 0 Å². The quantitative estimate of drug-likeness (QED) is 0.574. The van der Waals surface area contributed by atoms with Crippen LogP contribution in [0.2, 0.25) is 0 Å². The molecule has 0 bridgehead atoms. The summed E-state index contributed by atoms with van der Waals surface area (Å²) < 4.78 is 2.44. The first-order chi connectivity index (χ1) is 14.7. The molecule has 30 heavy (non-hydrogen) atoms. The Morgan fingerprint density at radius 2 is 1.70 bits per heavy atom. The summed E-state index contributed by atoms with van der Waals surface area (Å²) in [6.07, 6.45) is 6.01. The lowest BCUT2D eigenvalue weighted by Gasteiger charge is -2.32. The van der Waals surface area contributed by atoms with Crippen molar-refractivity contribution in [2.75, 3.05) is 33.7 Å². The van der Waals surface area contributed by atoms with Crippen molar-refractivity contribution in [2.45, 2.75) is 44.9 Å². The second-order valence-corrected chi connectivity index (χ2v) is 8.94. The highest BCUT2D eigenvalue weighted by molar-refractivity contribution is 5.83. The molecular formula is C26H36N4. The molecule has 1 saturated heterocycles. The lowest BCUT2D eigenvalue weighted by molar-refractivity contribution is 0.190. The third-order valence-corrected chi connectivity index (χ3v) is 6.29. The van der Waals surface area contributed by atoms with Crippen LogP contribution >= 0.6 is 0 Å². The molecule has 4 heteroatoms. The number of nitrogens with one attached hydrogen (secondary N) is 1. The average molecular weight is 405 g/mol. The van der Waals surface area contributed by atoms with Crippen LogP contribution in [-0.4, -0.2) is 54.1 Å². The summed E-state index contributed by atoms with van der Waals surface area (Å²) in [5.41, 5.74) is 4.22. The van der Waals surface area contributed by atoms with E-state index in [2.05, 4.69) is 94.6 Å². The Morgan fingerprint density at radius 3 is 2.47 bits per heavy atom. The van der Waals surface area contributed by atoms with Crippen LogP contribution in [0.3, 0.4) is 0 Å². The van der Waals surface area contributed by atoms with E-state index in [1.807, 2.05) is 0 Å². The maximum absolute atomic E-state index is 3.85. The molecule has 0 unspecified atom stereocenters. The predicted octanol–water partition coefficient (Wildman–Crippen LogP) is 4.35. The number of para-hydroxylation sites is 1. The molecule has 1 aliphatic rings. The van der Waals surface area contributed by atoms with Crippen molar-refractivity contribution in [1.82, 2.24) is 19.7 Å². The number of likely N-dealkylation sites (tertiary alicyclic amines) is 1. The van der Waals surface area contributed by atoms with Gasteiger partial charge in [-0.3, -0.25) is 4.90 Å². The fraction of sp³-hybridized carbons (Fsp3) is 0.462. The number of fused-ring (bicyclic) bond motifs is 1. The van der Waals surface area contributed by atoms with E-state index < -0.39 is 0 Å². The zero-order valence-electron chi connectivity index (χ0n) is 18.6. The van der Waals surface area contributed by atoms with E-state index in [1.165, 1.54) is 54.4 Å². The largest absolute Gasteiger partial charge is 0.347 e. The number of aryl methyl sites for hydroxylation is 1. The van der Waals surface area contributed by atoms with E-state index in [9.17, 15) is 0 Å². The van der Waals surface area contributed by atoms with E-state index >= 15 is 0 Å². The summed E-state index contributed by atoms with van der Waals surface area (Å²) in [5.74, 6) is 0. The van der Waals surface area contributed by atoms with Gasteiger partial charge in [-0.15, -0.1) is 0 Å². The van der Waals surface area contributed by atoms with Gasteiger partial charge < -0.3 is 14.8 Å². The molecule has 4 nitrogen and oxygen atoms in total. The van der Waals surface area contributed by atoms with Crippen LogP contribution in [0.25, 0.3) is 10.9 Å². The van der Waals surface area contributed by atoms with Gasteiger partial charge in [0.05, 0.1) is 0 Å². The molecule has 0 radical (unpaired) electrons. The highest BCUT2D eigenvalue weighted by atomic mass is 15.1. The molecule has 1 N–H and O–H groups in total. The lowest BCUT2D eigenvalue weighted by atomic mass is 10.0. The Morgan fingerprint density at radius 1 is 0.967 bits per heavy atom. The van der Waals surface area contributed by atoms with Crippen LogP contribution in [0, 0.1) is 0 Å². The van der Waals surface area contributed by atoms with Gasteiger partial charge >= 0.3 is 0 Å². The fourth-order valence-corrected chi connectivity index (χ4v) is 4.60. The monoisotopic (exact) mass is 404 g/mol. The average Bonchev–Trinajstić information content (AvgIpc) is 3.12. The zero-order chi connectivity index (χ0) is 20.8. The Labute approximate surface area is 181 Å². The van der Waals surface area contributed by atoms with Crippen molar-refractivity contribution >= 4 is 10.9 Å². The van der Waals surface area contributed by atoms with Gasteiger partial charge in [-0.05, 0) is 70.2 Å². The van der Waals surface area contributed by atoms with Crippen LogP contribution in [0.5, 0.6) is 0 Å². The van der Waals surface area contributed by atoms with Crippen LogP contribution in [0.15, 0.2) is 60.8 Å². The second-order valence-electron chi connectivity index (χ2n) is 8.94. The van der Waals surface area contributed by atoms with Gasteiger partial charge in [0, 0.05) is 42.8 Å². The summed E-state index contributed by atoms with van der Waals surface area (Å²) in [5, 5.41) is 5.25. The van der Waals surface area contributed by atoms with Crippen LogP contribution < -0.4 is 5.32 Å². The van der Waals surface area contributed by atoms with E-state index in [4.69, 9.17) is 0 Å². The molecule has 0 aliphatic carbocycles. The zero-order valence-corrected chi connectivity index (χ0v) is 18.6. The predicted molar refractivity (Wildman–Crippen MR) is 127 cm³/mol. The minimum Gasteiger partial charge on any atom is -0.347 e. The third-order valence-electron chi connectivity index (χ3n) is 6.29. The van der Waals surface area contributed by atoms with E-state index in [0.717, 1.165) is 26.2 Å². The number of benzene rings is 2. The smallest absolute Gasteiger partial charge is 0.0483 e. The normalized spacial score (nSPS) is 16.0. The molecule has 0 atom stereocenters. The maximum Gasteiger partial charge on any atom is 0.0483 e. The fourth-order valence-electron chi connectivity index (χ4n) is 4.60. The molecular weight excluding hydrogens is 368 g/mol. The van der Waals surface area contributed by atoms with Crippen LogP contribution in [-0.2, 0) is 19.6 Å². The van der Waals surface area contributed by atoms with Gasteiger partial charge in [0.1, 0.15) is 0 Å². The molecule has 2 aromatic carbocycles. The van der Waals surface area contributed by atoms with Crippen molar-refractivity contribution in [3.8, 4) is 0 Å². The number of rotatable bonds is 9. The molecule has 2 heterocycles. The Bertz CT molecular complexity index is 907. The summed E-state index contributed by atoms with van der Waals surface area (Å²) in [4.78, 5) is 4.85. The topological polar surface area (TPSA) is 23.4 Å². The Balaban J connectivity index is 1.31. The molecule has 3 aromatic rings. The number of hydrogen-bond acceptors (Lipinski definition) is 3. The number of aromatic nitrogens is 1. The molecule has 0 spiro atoms. The number of nitrogens with zero attached hydrogens (tertiary/aromatic N) is 3. The Kier molecular flexibility index (Phi) is 7.21. The SMILES string of the molecule is CN(C)CCCn1cc(CNC2CCN(Cc3ccccc3)CC2)c2ccccc21. The van der Waals surface area contributed by atoms with Gasteiger partial charge in [-0.25, -0.2) is 0 Å². The minimum atomic E-state index is 0.618. The van der Waals surface area contributed by atoms with Crippen molar-refractivity contribution < 1.29 is 0 Å². The molecule has 0 saturated carbocycles. The van der Waals surface area contributed by atoms with E-state index in [0.29, 0.717) is 6.04 Å². The number of piperidine rings is 1. The molecule has 0 amide bonds. The summed E-state index contributed by atoms with van der Waals surface area (Å²) in [6, 6.07) is 20.3. The Hall–Kier alpha value is -2.14.